The van der Waals surface area contributed by atoms with Gasteiger partial charge < -0.3 is 4.90 Å². The second kappa shape index (κ2) is 14.7. The summed E-state index contributed by atoms with van der Waals surface area (Å²) in [7, 11) is 0. The Hall–Kier alpha value is -7.92. The lowest BCUT2D eigenvalue weighted by Gasteiger charge is -2.33. The molecule has 2 aliphatic carbocycles. The predicted octanol–water partition coefficient (Wildman–Crippen LogP) is 16.0. The van der Waals surface area contributed by atoms with Crippen LogP contribution in [0.25, 0.3) is 66.4 Å². The van der Waals surface area contributed by atoms with Gasteiger partial charge in [0.15, 0.2) is 0 Å². The van der Waals surface area contributed by atoms with Crippen molar-refractivity contribution in [2.24, 2.45) is 0 Å². The lowest BCUT2D eigenvalue weighted by Crippen LogP contribution is -2.28. The fourth-order valence-electron chi connectivity index (χ4n) is 9.74. The third-order valence-electron chi connectivity index (χ3n) is 12.7. The number of hydrogen-bond donors (Lipinski definition) is 0. The van der Waals surface area contributed by atoms with Crippen molar-refractivity contribution in [1.29, 1.82) is 0 Å². The molecule has 0 saturated heterocycles. The Bertz CT molecular complexity index is 3370. The van der Waals surface area contributed by atoms with Crippen molar-refractivity contribution >= 4 is 61.4 Å². The van der Waals surface area contributed by atoms with Crippen LogP contribution in [0.4, 0.5) is 17.1 Å². The molecule has 1 nitrogen and oxygen atoms in total. The molecule has 0 fully saturated rings. The molecule has 10 aromatic rings. The lowest BCUT2D eigenvalue weighted by atomic mass is 9.68. The first-order chi connectivity index (χ1) is 30.7. The molecule has 0 bridgehead atoms. The monoisotopic (exact) mass is 803 g/mol. The number of hydrogen-bond acceptors (Lipinski definition) is 2. The van der Waals surface area contributed by atoms with Gasteiger partial charge in [0.05, 0.1) is 5.41 Å². The molecule has 0 radical (unpaired) electrons. The first-order valence-corrected chi connectivity index (χ1v) is 21.9. The van der Waals surface area contributed by atoms with Gasteiger partial charge in [-0.1, -0.05) is 158 Å². The van der Waals surface area contributed by atoms with Crippen LogP contribution >= 0.6 is 11.3 Å². The highest BCUT2D eigenvalue weighted by Gasteiger charge is 2.46. The molecule has 12 rings (SSSR count). The molecule has 0 aliphatic heterocycles. The standard InChI is InChI=1S/C60H37NS/c1-3-15-47(16-4-1)60(56-20-11-9-17-52(56)53-18-10-12-21-57(53)60)48-30-36-51(37-31-48)61(49-32-25-42(26-33-49)45-24-23-41-13-7-8-14-44(41)39-45)50-34-27-43(28-35-50)46-29-38-59-55(40-46)54-19-5-2-6-22-58(54)62-59/h1-5,7-11,13-20,22-40H. The van der Waals surface area contributed by atoms with Crippen molar-refractivity contribution in [3.05, 3.63) is 263 Å². The highest BCUT2D eigenvalue weighted by Crippen LogP contribution is 2.55. The largest absolute Gasteiger partial charge is 0.311 e. The highest BCUT2D eigenvalue weighted by molar-refractivity contribution is 7.20. The van der Waals surface area contributed by atoms with Gasteiger partial charge >= 0.3 is 0 Å². The summed E-state index contributed by atoms with van der Waals surface area (Å²) in [6.45, 7) is 0. The summed E-state index contributed by atoms with van der Waals surface area (Å²) in [5.74, 6) is 0. The van der Waals surface area contributed by atoms with E-state index in [4.69, 9.17) is 0 Å². The maximum absolute atomic E-state index is 3.60. The van der Waals surface area contributed by atoms with Crippen LogP contribution in [0, 0.1) is 12.1 Å². The van der Waals surface area contributed by atoms with Crippen LogP contribution in [0.3, 0.4) is 0 Å². The van der Waals surface area contributed by atoms with Gasteiger partial charge in [-0.25, -0.2) is 0 Å². The van der Waals surface area contributed by atoms with Crippen LogP contribution in [0.2, 0.25) is 0 Å². The Labute approximate surface area is 366 Å². The molecule has 2 aliphatic rings. The van der Waals surface area contributed by atoms with Crippen molar-refractivity contribution in [2.45, 2.75) is 5.41 Å². The van der Waals surface area contributed by atoms with Crippen molar-refractivity contribution in [3.63, 3.8) is 0 Å². The molecule has 0 spiro atoms. The Morgan fingerprint density at radius 3 is 1.90 bits per heavy atom. The number of allylic oxidation sites excluding steroid dienone is 2. The van der Waals surface area contributed by atoms with Gasteiger partial charge in [-0.3, -0.25) is 0 Å². The summed E-state index contributed by atoms with van der Waals surface area (Å²) in [6, 6.07) is 80.1. The number of thiophene rings is 1. The molecule has 9 aromatic carbocycles. The van der Waals surface area contributed by atoms with Gasteiger partial charge in [0.1, 0.15) is 0 Å². The van der Waals surface area contributed by atoms with E-state index in [1.807, 2.05) is 23.5 Å². The molecule has 0 N–H and O–H groups in total. The average Bonchev–Trinajstić information content (AvgIpc) is 3.73. The van der Waals surface area contributed by atoms with Gasteiger partial charge in [0.25, 0.3) is 0 Å². The third-order valence-corrected chi connectivity index (χ3v) is 13.8. The smallest absolute Gasteiger partial charge is 0.0792 e. The van der Waals surface area contributed by atoms with Gasteiger partial charge in [0.2, 0.25) is 0 Å². The van der Waals surface area contributed by atoms with Crippen molar-refractivity contribution in [1.82, 2.24) is 0 Å². The van der Waals surface area contributed by atoms with Crippen LogP contribution in [0.15, 0.2) is 218 Å². The number of nitrogens with zero attached hydrogens (tertiary/aromatic N) is 1. The predicted molar refractivity (Wildman–Crippen MR) is 261 cm³/mol. The molecule has 2 heteroatoms. The number of anilines is 3. The minimum absolute atomic E-state index is 0.540. The van der Waals surface area contributed by atoms with E-state index in [-0.39, 0.29) is 0 Å². The molecule has 1 heterocycles. The first-order valence-electron chi connectivity index (χ1n) is 21.1. The zero-order valence-corrected chi connectivity index (χ0v) is 34.5. The molecular weight excluding hydrogens is 767 g/mol. The molecule has 1 unspecified atom stereocenters. The van der Waals surface area contributed by atoms with E-state index in [1.165, 1.54) is 81.4 Å². The van der Waals surface area contributed by atoms with E-state index in [2.05, 4.69) is 235 Å². The molecule has 1 aromatic heterocycles. The third kappa shape index (κ3) is 5.80. The second-order valence-electron chi connectivity index (χ2n) is 16.0. The van der Waals surface area contributed by atoms with Gasteiger partial charge in [0, 0.05) is 43.2 Å². The van der Waals surface area contributed by atoms with Gasteiger partial charge in [-0.2, -0.15) is 0 Å². The lowest BCUT2D eigenvalue weighted by molar-refractivity contribution is 0.769. The van der Waals surface area contributed by atoms with Crippen LogP contribution in [0.1, 0.15) is 32.7 Å². The summed E-state index contributed by atoms with van der Waals surface area (Å²) in [5.41, 5.74) is 19.3. The van der Waals surface area contributed by atoms with Crippen LogP contribution in [-0.4, -0.2) is 0 Å². The Kier molecular flexibility index (Phi) is 8.51. The first kappa shape index (κ1) is 36.0. The summed E-state index contributed by atoms with van der Waals surface area (Å²) in [4.78, 5) is 3.62. The zero-order chi connectivity index (χ0) is 41.0. The maximum atomic E-state index is 3.60. The summed E-state index contributed by atoms with van der Waals surface area (Å²) in [6.07, 6.45) is 8.35. The van der Waals surface area contributed by atoms with Gasteiger partial charge in [-0.15, -0.1) is 17.1 Å². The van der Waals surface area contributed by atoms with E-state index in [0.29, 0.717) is 0 Å². The van der Waals surface area contributed by atoms with E-state index in [0.717, 1.165) is 22.6 Å². The second-order valence-corrected chi connectivity index (χ2v) is 17.1. The maximum Gasteiger partial charge on any atom is 0.0792 e. The normalized spacial score (nSPS) is 13.0. The molecule has 62 heavy (non-hydrogen) atoms. The summed E-state index contributed by atoms with van der Waals surface area (Å²) in [5, 5.41) is 3.77. The van der Waals surface area contributed by atoms with Crippen molar-refractivity contribution in [3.8, 4) is 33.4 Å². The quantitative estimate of drug-likeness (QED) is 0.145. The summed E-state index contributed by atoms with van der Waals surface area (Å²) < 4.78 is 1.29. The van der Waals surface area contributed by atoms with E-state index in [1.54, 1.807) is 0 Å². The minimum atomic E-state index is -0.540. The SMILES string of the molecule is C1=CC=Cc2c(sc3ccc(-c4ccc(N(c5ccc(-c6ccc7ccccc7c6)cc5)c5ccc(C6(c7ccccc7)c7c#cccc7-c7ccccc76)cc5)cc4)cc23)C=1. The fourth-order valence-corrected chi connectivity index (χ4v) is 10.8. The van der Waals surface area contributed by atoms with Gasteiger partial charge in [-0.05, 0) is 140 Å². The Balaban J connectivity index is 0.970. The number of rotatable bonds is 7. The van der Waals surface area contributed by atoms with E-state index in [9.17, 15) is 0 Å². The highest BCUT2D eigenvalue weighted by atomic mass is 32.1. The Morgan fingerprint density at radius 1 is 0.500 bits per heavy atom. The van der Waals surface area contributed by atoms with E-state index < -0.39 is 5.41 Å². The number of fused-ring (bicyclic) bond motifs is 7. The van der Waals surface area contributed by atoms with Crippen LogP contribution < -0.4 is 4.90 Å². The molecule has 0 saturated carbocycles. The molecule has 1 atom stereocenters. The van der Waals surface area contributed by atoms with Crippen LogP contribution in [0.5, 0.6) is 0 Å². The van der Waals surface area contributed by atoms with Crippen LogP contribution in [-0.2, 0) is 5.41 Å². The van der Waals surface area contributed by atoms with Crippen molar-refractivity contribution < 1.29 is 0 Å². The Morgan fingerprint density at radius 2 is 1.13 bits per heavy atom. The van der Waals surface area contributed by atoms with Crippen molar-refractivity contribution in [2.75, 3.05) is 4.90 Å². The number of benzene rings is 8. The van der Waals surface area contributed by atoms with E-state index >= 15 is 0 Å². The molecule has 0 amide bonds. The molecule has 288 valence electrons. The molecular formula is C60H37NS. The summed E-state index contributed by atoms with van der Waals surface area (Å²) >= 11 is 1.82. The minimum Gasteiger partial charge on any atom is -0.311 e. The zero-order valence-electron chi connectivity index (χ0n) is 33.7. The average molecular weight is 804 g/mol. The fraction of sp³-hybridized carbons (Fsp3) is 0.0167. The topological polar surface area (TPSA) is 3.24 Å².